The topological polar surface area (TPSA) is 9.23 Å². The monoisotopic (exact) mass is 294 g/mol. The number of alkyl halides is 1. The summed E-state index contributed by atoms with van der Waals surface area (Å²) in [6, 6.07) is 0. The number of rotatable bonds is 2. The van der Waals surface area contributed by atoms with Crippen molar-refractivity contribution in [2.24, 2.45) is 0 Å². The lowest BCUT2D eigenvalue weighted by Gasteiger charge is -2.34. The van der Waals surface area contributed by atoms with Crippen LogP contribution in [0.3, 0.4) is 0 Å². The second kappa shape index (κ2) is 4.81. The first-order chi connectivity index (χ1) is 6.74. The molecule has 1 nitrogen and oxygen atoms in total. The van der Waals surface area contributed by atoms with Crippen LogP contribution in [-0.2, 0) is 4.74 Å². The van der Waals surface area contributed by atoms with Crippen LogP contribution in [0.2, 0.25) is 0 Å². The Morgan fingerprint density at radius 1 is 1.50 bits per heavy atom. The minimum absolute atomic E-state index is 0.0474. The van der Waals surface area contributed by atoms with Crippen LogP contribution in [0, 0.1) is 0 Å². The third-order valence-corrected chi connectivity index (χ3v) is 6.54. The highest BCUT2D eigenvalue weighted by atomic mass is 79.9. The molecule has 2 rings (SSSR count). The van der Waals surface area contributed by atoms with Gasteiger partial charge in [-0.15, -0.1) is 23.5 Å². The van der Waals surface area contributed by atoms with Crippen molar-refractivity contribution < 1.29 is 4.74 Å². The van der Waals surface area contributed by atoms with Crippen LogP contribution >= 0.6 is 39.5 Å². The third-order valence-electron chi connectivity index (χ3n) is 2.49. The summed E-state index contributed by atoms with van der Waals surface area (Å²) in [7, 11) is 0. The molecule has 0 N–H and O–H groups in total. The number of hydrogen-bond acceptors (Lipinski definition) is 3. The molecule has 0 aromatic heterocycles. The Morgan fingerprint density at radius 3 is 2.79 bits per heavy atom. The molecule has 0 unspecified atom stereocenters. The lowest BCUT2D eigenvalue weighted by atomic mass is 10.1. The maximum Gasteiger partial charge on any atom is 0.105 e. The summed E-state index contributed by atoms with van der Waals surface area (Å²) in [5, 5.41) is 0.904. The fraction of sp³-hybridized carbons (Fsp3) is 0.800. The van der Waals surface area contributed by atoms with E-state index in [9.17, 15) is 0 Å². The van der Waals surface area contributed by atoms with E-state index in [1.807, 2.05) is 23.5 Å². The van der Waals surface area contributed by atoms with Gasteiger partial charge in [-0.2, -0.15) is 0 Å². The van der Waals surface area contributed by atoms with Gasteiger partial charge in [0, 0.05) is 5.33 Å². The molecule has 1 fully saturated rings. The zero-order valence-electron chi connectivity index (χ0n) is 8.24. The third kappa shape index (κ3) is 2.34. The van der Waals surface area contributed by atoms with E-state index < -0.39 is 0 Å². The summed E-state index contributed by atoms with van der Waals surface area (Å²) in [5.74, 6) is 2.56. The van der Waals surface area contributed by atoms with E-state index in [2.05, 4.69) is 35.0 Å². The van der Waals surface area contributed by atoms with Gasteiger partial charge in [0.1, 0.15) is 5.60 Å². The van der Waals surface area contributed by atoms with Crippen LogP contribution in [-0.4, -0.2) is 33.1 Å². The first-order valence-corrected chi connectivity index (χ1v) is 8.13. The van der Waals surface area contributed by atoms with Gasteiger partial charge in [-0.3, -0.25) is 0 Å². The second-order valence-electron chi connectivity index (χ2n) is 3.78. The van der Waals surface area contributed by atoms with Crippen molar-refractivity contribution in [2.75, 3.05) is 16.8 Å². The molecule has 0 aromatic rings. The first-order valence-electron chi connectivity index (χ1n) is 4.91. The smallest absolute Gasteiger partial charge is 0.105 e. The minimum atomic E-state index is -0.0474. The van der Waals surface area contributed by atoms with Crippen LogP contribution < -0.4 is 0 Å². The summed E-state index contributed by atoms with van der Waals surface area (Å²) < 4.78 is 6.62. The van der Waals surface area contributed by atoms with Crippen LogP contribution in [0.5, 0.6) is 0 Å². The van der Waals surface area contributed by atoms with Crippen LogP contribution in [0.1, 0.15) is 13.3 Å². The van der Waals surface area contributed by atoms with E-state index in [0.717, 1.165) is 5.33 Å². The van der Waals surface area contributed by atoms with Gasteiger partial charge in [0.25, 0.3) is 0 Å². The Bertz CT molecular complexity index is 228. The van der Waals surface area contributed by atoms with Gasteiger partial charge in [0.15, 0.2) is 0 Å². The SMILES string of the molecule is C[C@]1(C2SCCCS2)C=C[C@@H](CBr)O1. The summed E-state index contributed by atoms with van der Waals surface area (Å²) in [6.45, 7) is 2.21. The quantitative estimate of drug-likeness (QED) is 0.571. The summed E-state index contributed by atoms with van der Waals surface area (Å²) in [5.41, 5.74) is -0.0474. The molecule has 0 aromatic carbocycles. The van der Waals surface area contributed by atoms with Crippen LogP contribution in [0.15, 0.2) is 12.2 Å². The fourth-order valence-electron chi connectivity index (χ4n) is 1.74. The second-order valence-corrected chi connectivity index (χ2v) is 7.15. The molecule has 2 heterocycles. The molecule has 80 valence electrons. The number of thioether (sulfide) groups is 2. The van der Waals surface area contributed by atoms with E-state index in [0.29, 0.717) is 4.58 Å². The van der Waals surface area contributed by atoms with Gasteiger partial charge < -0.3 is 4.74 Å². The van der Waals surface area contributed by atoms with Crippen molar-refractivity contribution in [3.63, 3.8) is 0 Å². The number of ether oxygens (including phenoxy) is 1. The zero-order valence-corrected chi connectivity index (χ0v) is 11.5. The van der Waals surface area contributed by atoms with Crippen molar-refractivity contribution in [1.82, 2.24) is 0 Å². The molecule has 2 aliphatic heterocycles. The molecular weight excluding hydrogens is 280 g/mol. The molecular formula is C10H15BrOS2. The Labute approximate surface area is 103 Å². The molecule has 2 atom stereocenters. The molecule has 0 radical (unpaired) electrons. The fourth-order valence-corrected chi connectivity index (χ4v) is 5.21. The molecule has 14 heavy (non-hydrogen) atoms. The number of hydrogen-bond donors (Lipinski definition) is 0. The van der Waals surface area contributed by atoms with Gasteiger partial charge >= 0.3 is 0 Å². The highest BCUT2D eigenvalue weighted by molar-refractivity contribution is 9.09. The molecule has 0 aliphatic carbocycles. The molecule has 0 amide bonds. The Hall–Kier alpha value is 0.880. The Balaban J connectivity index is 1.99. The van der Waals surface area contributed by atoms with Crippen molar-refractivity contribution in [3.05, 3.63) is 12.2 Å². The summed E-state index contributed by atoms with van der Waals surface area (Å²) >= 11 is 7.55. The van der Waals surface area contributed by atoms with Crippen molar-refractivity contribution >= 4 is 39.5 Å². The first kappa shape index (κ1) is 11.4. The van der Waals surface area contributed by atoms with E-state index in [1.165, 1.54) is 17.9 Å². The van der Waals surface area contributed by atoms with Crippen molar-refractivity contribution in [1.29, 1.82) is 0 Å². The lowest BCUT2D eigenvalue weighted by Crippen LogP contribution is -2.37. The predicted octanol–water partition coefficient (Wildman–Crippen LogP) is 3.29. The van der Waals surface area contributed by atoms with Gasteiger partial charge in [-0.25, -0.2) is 0 Å². The Morgan fingerprint density at radius 2 is 2.21 bits per heavy atom. The zero-order chi connectivity index (χ0) is 10.0. The molecule has 0 saturated carbocycles. The van der Waals surface area contributed by atoms with Gasteiger partial charge in [-0.1, -0.05) is 28.1 Å². The summed E-state index contributed by atoms with van der Waals surface area (Å²) in [6.07, 6.45) is 6.04. The minimum Gasteiger partial charge on any atom is -0.361 e. The van der Waals surface area contributed by atoms with Gasteiger partial charge in [0.2, 0.25) is 0 Å². The van der Waals surface area contributed by atoms with E-state index in [4.69, 9.17) is 4.74 Å². The molecule has 2 aliphatic rings. The van der Waals surface area contributed by atoms with Crippen LogP contribution in [0.25, 0.3) is 0 Å². The normalized spacial score (nSPS) is 39.1. The van der Waals surface area contributed by atoms with E-state index in [1.54, 1.807) is 0 Å². The lowest BCUT2D eigenvalue weighted by molar-refractivity contribution is 0.0115. The average Bonchev–Trinajstić information content (AvgIpc) is 2.63. The summed E-state index contributed by atoms with van der Waals surface area (Å²) in [4.78, 5) is 0. The van der Waals surface area contributed by atoms with E-state index in [-0.39, 0.29) is 11.7 Å². The largest absolute Gasteiger partial charge is 0.361 e. The maximum atomic E-state index is 6.04. The highest BCUT2D eigenvalue weighted by Gasteiger charge is 2.39. The van der Waals surface area contributed by atoms with Gasteiger partial charge in [0.05, 0.1) is 10.7 Å². The van der Waals surface area contributed by atoms with Gasteiger partial charge in [-0.05, 0) is 24.9 Å². The standard InChI is InChI=1S/C10H15BrOS2/c1-10(4-3-8(7-11)12-10)9-13-5-2-6-14-9/h3-4,8-9H,2,5-7H2,1H3/t8-,10+/m0/s1. The molecule has 0 bridgehead atoms. The van der Waals surface area contributed by atoms with Crippen molar-refractivity contribution in [3.8, 4) is 0 Å². The van der Waals surface area contributed by atoms with Crippen molar-refractivity contribution in [2.45, 2.75) is 29.6 Å². The molecule has 4 heteroatoms. The molecule has 0 spiro atoms. The maximum absolute atomic E-state index is 6.04. The predicted molar refractivity (Wildman–Crippen MR) is 69.5 cm³/mol. The average molecular weight is 295 g/mol. The van der Waals surface area contributed by atoms with Crippen LogP contribution in [0.4, 0.5) is 0 Å². The Kier molecular flexibility index (Phi) is 3.91. The highest BCUT2D eigenvalue weighted by Crippen LogP contribution is 2.43. The molecule has 1 saturated heterocycles. The number of halogens is 1. The van der Waals surface area contributed by atoms with E-state index >= 15 is 0 Å².